The lowest BCUT2D eigenvalue weighted by Crippen LogP contribution is -2.29. The van der Waals surface area contributed by atoms with Crippen LogP contribution in [0.1, 0.15) is 149 Å². The van der Waals surface area contributed by atoms with Crippen LogP contribution in [0.25, 0.3) is 0 Å². The molecule has 0 bridgehead atoms. The number of carbonyl (C=O) groups excluding carboxylic acids is 3. The summed E-state index contributed by atoms with van der Waals surface area (Å²) in [5.41, 5.74) is 0. The van der Waals surface area contributed by atoms with Gasteiger partial charge in [0.1, 0.15) is 12.4 Å². The smallest absolute Gasteiger partial charge is 0.462 e. The molecule has 0 aliphatic heterocycles. The third-order valence-electron chi connectivity index (χ3n) is 9.23. The molecule has 11 nitrogen and oxygen atoms in total. The molecule has 0 heterocycles. The third kappa shape index (κ3) is 22.2. The predicted octanol–water partition coefficient (Wildman–Crippen LogP) is 7.12. The van der Waals surface area contributed by atoms with E-state index >= 15 is 0 Å². The van der Waals surface area contributed by atoms with Crippen LogP contribution in [-0.4, -0.2) is 69.2 Å². The van der Waals surface area contributed by atoms with Crippen LogP contribution < -0.4 is 0 Å². The summed E-state index contributed by atoms with van der Waals surface area (Å²) in [6, 6.07) is 0. The number of hydrogen-bond acceptors (Lipinski definition) is 9. The summed E-state index contributed by atoms with van der Waals surface area (Å²) >= 11 is 0. The van der Waals surface area contributed by atoms with Crippen LogP contribution in [-0.2, 0) is 32.9 Å². The van der Waals surface area contributed by atoms with E-state index in [1.165, 1.54) is 25.7 Å². The van der Waals surface area contributed by atoms with Crippen molar-refractivity contribution < 1.29 is 52.9 Å². The highest BCUT2D eigenvalue weighted by atomic mass is 31.2. The maximum absolute atomic E-state index is 12.5. The highest BCUT2D eigenvalue weighted by Gasteiger charge is 2.39. The van der Waals surface area contributed by atoms with Crippen molar-refractivity contribution in [1.82, 2.24) is 0 Å². The zero-order valence-corrected chi connectivity index (χ0v) is 30.7. The summed E-state index contributed by atoms with van der Waals surface area (Å²) < 4.78 is 26.3. The van der Waals surface area contributed by atoms with E-state index in [9.17, 15) is 29.2 Å². The Balaban J connectivity index is 2.35. The number of esters is 2. The Bertz CT molecular complexity index is 966. The largest absolute Gasteiger partial charge is 0.469 e. The first-order chi connectivity index (χ1) is 22.9. The van der Waals surface area contributed by atoms with Gasteiger partial charge in [-0.1, -0.05) is 116 Å². The lowest BCUT2D eigenvalue weighted by molar-refractivity contribution is -0.161. The van der Waals surface area contributed by atoms with Gasteiger partial charge in [-0.3, -0.25) is 18.9 Å². The molecule has 0 aromatic rings. The van der Waals surface area contributed by atoms with Gasteiger partial charge in [0.2, 0.25) is 0 Å². The van der Waals surface area contributed by atoms with Crippen molar-refractivity contribution in [3.05, 3.63) is 12.2 Å². The van der Waals surface area contributed by atoms with Gasteiger partial charge < -0.3 is 29.5 Å². The highest BCUT2D eigenvalue weighted by molar-refractivity contribution is 7.46. The molecule has 0 radical (unpaired) electrons. The van der Waals surface area contributed by atoms with Gasteiger partial charge in [-0.05, 0) is 37.5 Å². The average molecular weight is 705 g/mol. The standard InChI is InChI=1S/C36H65O11P/c1-4-6-13-19-29(37)23-24-32-31(33(38)25-34(32)39)20-15-11-12-17-22-36(41)47-30(27-46-48(42,43)44)26-45-35(40)21-16-10-8-7-9-14-18-28(3)5-2/h23-24,28-33,37-38H,4-22,25-27H2,1-3H3,(H2,42,43,44)/b24-23+/t28?,29-,30+,31+,32+,33-/m0/s1. The van der Waals surface area contributed by atoms with Crippen molar-refractivity contribution in [3.8, 4) is 0 Å². The van der Waals surface area contributed by atoms with Crippen molar-refractivity contribution in [3.63, 3.8) is 0 Å². The molecule has 0 aromatic carbocycles. The number of aliphatic hydroxyl groups excluding tert-OH is 2. The van der Waals surface area contributed by atoms with Crippen LogP contribution in [0.15, 0.2) is 12.2 Å². The Morgan fingerprint density at radius 1 is 0.875 bits per heavy atom. The van der Waals surface area contributed by atoms with Gasteiger partial charge in [0, 0.05) is 25.2 Å². The number of Topliss-reactive ketones (excluding diaryl/α,β-unsaturated/α-hetero) is 1. The lowest BCUT2D eigenvalue weighted by Gasteiger charge is -2.19. The summed E-state index contributed by atoms with van der Waals surface area (Å²) in [5.74, 6) is -0.873. The number of ether oxygens (including phenoxy) is 2. The molecular weight excluding hydrogens is 639 g/mol. The van der Waals surface area contributed by atoms with Crippen LogP contribution in [0.4, 0.5) is 0 Å². The SMILES string of the molecule is CCCCC[C@H](O)/C=C/[C@H]1C(=O)C[C@H](O)[C@@H]1CCCCCCC(=O)O[C@H](COC(=O)CCCCCCCCC(C)CC)COP(=O)(O)O. The second-order valence-electron chi connectivity index (χ2n) is 13.6. The Kier molecular flexibility index (Phi) is 24.3. The van der Waals surface area contributed by atoms with Crippen LogP contribution in [0.2, 0.25) is 0 Å². The van der Waals surface area contributed by atoms with E-state index in [4.69, 9.17) is 19.3 Å². The fraction of sp³-hybridized carbons (Fsp3) is 0.861. The van der Waals surface area contributed by atoms with Gasteiger partial charge >= 0.3 is 19.8 Å². The molecule has 1 aliphatic rings. The molecule has 48 heavy (non-hydrogen) atoms. The minimum absolute atomic E-state index is 0.00606. The quantitative estimate of drug-likeness (QED) is 0.0270. The van der Waals surface area contributed by atoms with E-state index in [0.717, 1.165) is 57.3 Å². The molecule has 0 amide bonds. The molecule has 280 valence electrons. The summed E-state index contributed by atoms with van der Waals surface area (Å²) in [6.45, 7) is 5.62. The minimum atomic E-state index is -4.81. The van der Waals surface area contributed by atoms with E-state index in [1.54, 1.807) is 12.2 Å². The van der Waals surface area contributed by atoms with Crippen molar-refractivity contribution in [2.75, 3.05) is 13.2 Å². The van der Waals surface area contributed by atoms with Crippen LogP contribution >= 0.6 is 7.82 Å². The monoisotopic (exact) mass is 704 g/mol. The molecule has 6 atom stereocenters. The molecule has 0 aromatic heterocycles. The molecule has 0 spiro atoms. The Labute approximate surface area is 288 Å². The van der Waals surface area contributed by atoms with Crippen molar-refractivity contribution in [2.24, 2.45) is 17.8 Å². The number of hydrogen-bond donors (Lipinski definition) is 4. The third-order valence-corrected chi connectivity index (χ3v) is 9.72. The zero-order valence-electron chi connectivity index (χ0n) is 29.8. The van der Waals surface area contributed by atoms with E-state index in [1.807, 2.05) is 0 Å². The Hall–Kier alpha value is -1.62. The topological polar surface area (TPSA) is 177 Å². The van der Waals surface area contributed by atoms with Crippen molar-refractivity contribution in [1.29, 1.82) is 0 Å². The van der Waals surface area contributed by atoms with E-state index in [-0.39, 0.29) is 37.6 Å². The molecule has 4 N–H and O–H groups in total. The van der Waals surface area contributed by atoms with Gasteiger partial charge in [0.25, 0.3) is 0 Å². The number of rotatable bonds is 29. The molecule has 1 saturated carbocycles. The molecule has 1 rings (SSSR count). The average Bonchev–Trinajstić information content (AvgIpc) is 3.30. The molecule has 1 aliphatic carbocycles. The second kappa shape index (κ2) is 26.2. The highest BCUT2D eigenvalue weighted by Crippen LogP contribution is 2.36. The number of phosphoric ester groups is 1. The van der Waals surface area contributed by atoms with Gasteiger partial charge in [-0.25, -0.2) is 4.57 Å². The number of unbranched alkanes of at least 4 members (excludes halogenated alkanes) is 10. The van der Waals surface area contributed by atoms with Gasteiger partial charge in [-0.2, -0.15) is 0 Å². The van der Waals surface area contributed by atoms with E-state index in [0.29, 0.717) is 32.1 Å². The zero-order chi connectivity index (χ0) is 35.8. The number of phosphoric acid groups is 1. The summed E-state index contributed by atoms with van der Waals surface area (Å²) in [6.07, 6.45) is 17.2. The molecule has 1 unspecified atom stereocenters. The molecule has 0 saturated heterocycles. The first-order valence-electron chi connectivity index (χ1n) is 18.5. The van der Waals surface area contributed by atoms with E-state index in [2.05, 4.69) is 25.3 Å². The van der Waals surface area contributed by atoms with Crippen LogP contribution in [0, 0.1) is 17.8 Å². The van der Waals surface area contributed by atoms with Gasteiger partial charge in [0.05, 0.1) is 18.8 Å². The first-order valence-corrected chi connectivity index (χ1v) is 20.0. The van der Waals surface area contributed by atoms with Crippen LogP contribution in [0.3, 0.4) is 0 Å². The maximum atomic E-state index is 12.5. The fourth-order valence-corrected chi connectivity index (χ4v) is 6.38. The molecule has 12 heteroatoms. The number of carbonyl (C=O) groups is 3. The maximum Gasteiger partial charge on any atom is 0.469 e. The minimum Gasteiger partial charge on any atom is -0.462 e. The van der Waals surface area contributed by atoms with Crippen LogP contribution in [0.5, 0.6) is 0 Å². The molecular formula is C36H65O11P. The predicted molar refractivity (Wildman–Crippen MR) is 185 cm³/mol. The second-order valence-corrected chi connectivity index (χ2v) is 14.8. The van der Waals surface area contributed by atoms with Crippen molar-refractivity contribution in [2.45, 2.75) is 167 Å². The number of ketones is 1. The Morgan fingerprint density at radius 2 is 1.48 bits per heavy atom. The normalized spacial score (nSPS) is 20.2. The van der Waals surface area contributed by atoms with Crippen molar-refractivity contribution >= 4 is 25.5 Å². The number of allylic oxidation sites excluding steroid dienone is 1. The number of aliphatic hydroxyl groups is 2. The summed E-state index contributed by atoms with van der Waals surface area (Å²) in [7, 11) is -4.81. The van der Waals surface area contributed by atoms with E-state index < -0.39 is 50.6 Å². The van der Waals surface area contributed by atoms with Gasteiger partial charge in [-0.15, -0.1) is 0 Å². The molecule has 1 fully saturated rings. The first kappa shape index (κ1) is 44.4. The fourth-order valence-electron chi connectivity index (χ4n) is 6.02. The summed E-state index contributed by atoms with van der Waals surface area (Å²) in [5, 5.41) is 20.6. The lowest BCUT2D eigenvalue weighted by atomic mass is 9.88. The van der Waals surface area contributed by atoms with Gasteiger partial charge in [0.15, 0.2) is 6.10 Å². The Morgan fingerprint density at radius 3 is 2.12 bits per heavy atom. The summed E-state index contributed by atoms with van der Waals surface area (Å²) in [4.78, 5) is 55.3.